The molecule has 7 atom stereocenters. The minimum atomic E-state index is -5.08. The highest BCUT2D eigenvalue weighted by Crippen LogP contribution is 2.46. The number of ether oxygens (including phenoxy) is 2. The van der Waals surface area contributed by atoms with Gasteiger partial charge < -0.3 is 40.5 Å². The van der Waals surface area contributed by atoms with Gasteiger partial charge in [-0.1, -0.05) is 34.9 Å². The Hall–Kier alpha value is -1.93. The average Bonchev–Trinajstić information content (AvgIpc) is 2.80. The predicted molar refractivity (Wildman–Crippen MR) is 136 cm³/mol. The number of allylic oxidation sites excluding steroid dienone is 5. The number of carbonyl (C=O) groups excluding carboxylic acids is 1. The summed E-state index contributed by atoms with van der Waals surface area (Å²) in [5.74, 6) is -2.69. The number of nitrogens with two attached hydrogens (primary N) is 1. The van der Waals surface area contributed by atoms with Crippen molar-refractivity contribution in [1.82, 2.24) is 0 Å². The van der Waals surface area contributed by atoms with Gasteiger partial charge >= 0.3 is 13.8 Å². The first kappa shape index (κ1) is 34.1. The molecule has 13 nitrogen and oxygen atoms in total. The molecule has 1 aliphatic rings. The molecule has 0 bridgehead atoms. The summed E-state index contributed by atoms with van der Waals surface area (Å²) in [6.45, 7) is 7.07. The molecular weight excluding hydrogens is 525 g/mol. The smallest absolute Gasteiger partial charge is 0.474 e. The number of amides is 1. The van der Waals surface area contributed by atoms with Gasteiger partial charge in [-0.15, -0.1) is 0 Å². The van der Waals surface area contributed by atoms with E-state index < -0.39 is 63.1 Å². The van der Waals surface area contributed by atoms with Gasteiger partial charge in [-0.25, -0.2) is 9.36 Å². The van der Waals surface area contributed by atoms with Crippen LogP contribution in [0.2, 0.25) is 0 Å². The van der Waals surface area contributed by atoms with Crippen LogP contribution in [0.25, 0.3) is 0 Å². The summed E-state index contributed by atoms with van der Waals surface area (Å²) >= 11 is 0. The van der Waals surface area contributed by atoms with E-state index in [9.17, 15) is 39.5 Å². The number of carbonyl (C=O) groups is 2. The molecule has 14 heteroatoms. The quantitative estimate of drug-likeness (QED) is 0.115. The molecule has 0 aromatic heterocycles. The molecule has 1 amide bonds. The van der Waals surface area contributed by atoms with Crippen molar-refractivity contribution < 1.29 is 58.0 Å². The Bertz CT molecular complexity index is 929. The molecule has 0 spiro atoms. The van der Waals surface area contributed by atoms with Crippen LogP contribution in [0.15, 0.2) is 34.9 Å². The van der Waals surface area contributed by atoms with Crippen molar-refractivity contribution >= 4 is 19.7 Å². The molecule has 7 N–H and O–H groups in total. The highest BCUT2D eigenvalue weighted by Gasteiger charge is 2.49. The number of phosphoric acid groups is 1. The molecular formula is C24H40NO12P. The van der Waals surface area contributed by atoms with E-state index in [1.165, 1.54) is 11.1 Å². The summed E-state index contributed by atoms with van der Waals surface area (Å²) in [6, 6.07) is 0. The number of hydrogen-bond acceptors (Lipinski definition) is 10. The highest BCUT2D eigenvalue weighted by molar-refractivity contribution is 7.47. The summed E-state index contributed by atoms with van der Waals surface area (Å²) < 4.78 is 31.7. The van der Waals surface area contributed by atoms with Crippen molar-refractivity contribution in [2.24, 2.45) is 5.73 Å². The number of carboxylic acids is 1. The number of primary amides is 1. The lowest BCUT2D eigenvalue weighted by molar-refractivity contribution is -0.270. The third-order valence-electron chi connectivity index (χ3n) is 5.60. The maximum Gasteiger partial charge on any atom is 0.474 e. The number of hydrogen-bond donors (Lipinski definition) is 6. The molecule has 1 aliphatic heterocycles. The van der Waals surface area contributed by atoms with E-state index >= 15 is 0 Å². The summed E-state index contributed by atoms with van der Waals surface area (Å²) in [4.78, 5) is 32.7. The van der Waals surface area contributed by atoms with Crippen molar-refractivity contribution in [3.8, 4) is 0 Å². The summed E-state index contributed by atoms with van der Waals surface area (Å²) in [5.41, 5.74) is 8.57. The molecule has 1 heterocycles. The number of rotatable bonds is 16. The zero-order valence-corrected chi connectivity index (χ0v) is 23.0. The van der Waals surface area contributed by atoms with E-state index in [1.54, 1.807) is 6.08 Å². The van der Waals surface area contributed by atoms with Gasteiger partial charge in [0.05, 0.1) is 13.2 Å². The minimum Gasteiger partial charge on any atom is -0.479 e. The maximum absolute atomic E-state index is 12.3. The van der Waals surface area contributed by atoms with Crippen LogP contribution in [0.5, 0.6) is 0 Å². The van der Waals surface area contributed by atoms with Crippen LogP contribution in [-0.4, -0.2) is 87.2 Å². The molecule has 38 heavy (non-hydrogen) atoms. The number of aliphatic carboxylic acids is 1. The first-order chi connectivity index (χ1) is 17.6. The Morgan fingerprint density at radius 2 is 1.55 bits per heavy atom. The zero-order chi connectivity index (χ0) is 29.0. The second-order valence-corrected chi connectivity index (χ2v) is 10.7. The molecule has 1 saturated heterocycles. The molecule has 2 unspecified atom stereocenters. The lowest BCUT2D eigenvalue weighted by Gasteiger charge is -2.38. The maximum atomic E-state index is 12.3. The fourth-order valence-corrected chi connectivity index (χ4v) is 4.15. The van der Waals surface area contributed by atoms with Crippen LogP contribution in [0, 0.1) is 0 Å². The Balaban J connectivity index is 2.57. The van der Waals surface area contributed by atoms with Gasteiger partial charge in [0.25, 0.3) is 0 Å². The summed E-state index contributed by atoms with van der Waals surface area (Å²) in [6.07, 6.45) is -1.93. The third-order valence-corrected chi connectivity index (χ3v) is 6.55. The lowest BCUT2D eigenvalue weighted by atomic mass is 9.99. The fraction of sp³-hybridized carbons (Fsp3) is 0.667. The molecule has 0 saturated carbocycles. The van der Waals surface area contributed by atoms with Crippen molar-refractivity contribution in [1.29, 1.82) is 0 Å². The van der Waals surface area contributed by atoms with E-state index in [0.717, 1.165) is 31.3 Å². The van der Waals surface area contributed by atoms with Crippen LogP contribution < -0.4 is 5.73 Å². The van der Waals surface area contributed by atoms with Gasteiger partial charge in [-0.2, -0.15) is 0 Å². The SMILES string of the molecule is CC(C)=CCC/C(C)=C/CC/C(C)=C\COC(COP(=O)(O)O[C@H]1O[C@H](C(N)=O)[C@H](O)[C@H](O)[C@H]1O)C(=O)O. The van der Waals surface area contributed by atoms with Crippen molar-refractivity contribution in [2.75, 3.05) is 13.2 Å². The van der Waals surface area contributed by atoms with E-state index in [4.69, 9.17) is 15.2 Å². The summed E-state index contributed by atoms with van der Waals surface area (Å²) in [7, 11) is -5.08. The van der Waals surface area contributed by atoms with Crippen LogP contribution in [0.3, 0.4) is 0 Å². The van der Waals surface area contributed by atoms with Crippen molar-refractivity contribution in [3.05, 3.63) is 34.9 Å². The minimum absolute atomic E-state index is 0.0964. The molecule has 0 aromatic carbocycles. The van der Waals surface area contributed by atoms with E-state index in [-0.39, 0.29) is 6.61 Å². The van der Waals surface area contributed by atoms with Crippen LogP contribution in [-0.2, 0) is 32.7 Å². The molecule has 0 radical (unpaired) electrons. The number of carboxylic acid groups (broad SMARTS) is 1. The van der Waals surface area contributed by atoms with Gasteiger partial charge in [0.15, 0.2) is 18.5 Å². The molecule has 218 valence electrons. The first-order valence-corrected chi connectivity index (χ1v) is 13.6. The second-order valence-electron chi connectivity index (χ2n) is 9.29. The van der Waals surface area contributed by atoms with Gasteiger partial charge in [-0.3, -0.25) is 13.8 Å². The fourth-order valence-electron chi connectivity index (χ4n) is 3.33. The van der Waals surface area contributed by atoms with Crippen LogP contribution >= 0.6 is 7.82 Å². The Morgan fingerprint density at radius 1 is 0.974 bits per heavy atom. The standard InChI is InChI=1S/C24H40NO12P/c1-14(2)7-5-8-15(3)9-6-10-16(4)11-12-34-17(23(30)31)13-35-38(32,33)37-24-20(28)18(26)19(27)21(36-24)22(25)29/h7,9,11,17-21,24,26-28H,5-6,8,10,12-13H2,1-4H3,(H2,25,29)(H,30,31)(H,32,33)/b15-9+,16-11-/t17?,18-,19+,20+,21-,24+/m0/s1. The van der Waals surface area contributed by atoms with E-state index in [1.807, 2.05) is 6.92 Å². The Kier molecular flexibility index (Phi) is 14.6. The monoisotopic (exact) mass is 565 g/mol. The van der Waals surface area contributed by atoms with E-state index in [0.29, 0.717) is 0 Å². The van der Waals surface area contributed by atoms with Gasteiger partial charge in [0.2, 0.25) is 5.91 Å². The highest BCUT2D eigenvalue weighted by atomic mass is 31.2. The third kappa shape index (κ3) is 12.3. The van der Waals surface area contributed by atoms with Gasteiger partial charge in [-0.05, 0) is 53.4 Å². The average molecular weight is 566 g/mol. The van der Waals surface area contributed by atoms with Crippen molar-refractivity contribution in [2.45, 2.75) is 90.2 Å². The van der Waals surface area contributed by atoms with Gasteiger partial charge in [0, 0.05) is 0 Å². The Labute approximate surface area is 222 Å². The predicted octanol–water partition coefficient (Wildman–Crippen LogP) is 1.30. The van der Waals surface area contributed by atoms with E-state index in [2.05, 4.69) is 42.0 Å². The second kappa shape index (κ2) is 16.2. The number of aliphatic hydroxyl groups is 3. The lowest BCUT2D eigenvalue weighted by Crippen LogP contribution is -2.61. The normalized spacial score (nSPS) is 26.9. The van der Waals surface area contributed by atoms with Crippen LogP contribution in [0.1, 0.15) is 53.4 Å². The van der Waals surface area contributed by atoms with Crippen LogP contribution in [0.4, 0.5) is 0 Å². The topological polar surface area (TPSA) is 215 Å². The largest absolute Gasteiger partial charge is 0.479 e. The summed E-state index contributed by atoms with van der Waals surface area (Å²) in [5, 5.41) is 38.8. The molecule has 1 rings (SSSR count). The molecule has 0 aromatic rings. The van der Waals surface area contributed by atoms with Crippen molar-refractivity contribution in [3.63, 3.8) is 0 Å². The van der Waals surface area contributed by atoms with Gasteiger partial charge in [0.1, 0.15) is 18.3 Å². The number of aliphatic hydroxyl groups excluding tert-OH is 3. The zero-order valence-electron chi connectivity index (χ0n) is 22.1. The first-order valence-electron chi connectivity index (χ1n) is 12.1. The number of phosphoric ester groups is 1. The molecule has 1 fully saturated rings. The Morgan fingerprint density at radius 3 is 2.11 bits per heavy atom. The molecule has 0 aliphatic carbocycles.